The highest BCUT2D eigenvalue weighted by Gasteiger charge is 2.03. The van der Waals surface area contributed by atoms with Gasteiger partial charge in [0.1, 0.15) is 11.5 Å². The molecule has 1 N–H and O–H groups in total. The number of hydrogen-bond donors (Lipinski definition) is 1. The third-order valence-electron chi connectivity index (χ3n) is 3.94. The molecule has 152 valence electrons. The third kappa shape index (κ3) is 6.72. The number of methoxy groups -OCH3 is 1. The Kier molecular flexibility index (Phi) is 7.51. The Hall–Kier alpha value is -3.71. The lowest BCUT2D eigenvalue weighted by Crippen LogP contribution is -2.19. The zero-order valence-corrected chi connectivity index (χ0v) is 17.1. The first-order chi connectivity index (χ1) is 14.6. The highest BCUT2D eigenvalue weighted by molar-refractivity contribution is 7.10. The highest BCUT2D eigenvalue weighted by Crippen LogP contribution is 2.14. The minimum atomic E-state index is -0.479. The molecule has 0 saturated carbocycles. The smallest absolute Gasteiger partial charge is 0.336 e. The highest BCUT2D eigenvalue weighted by atomic mass is 32.1. The van der Waals surface area contributed by atoms with Crippen molar-refractivity contribution in [3.63, 3.8) is 0 Å². The maximum Gasteiger partial charge on any atom is 0.336 e. The van der Waals surface area contributed by atoms with Gasteiger partial charge in [-0.2, -0.15) is 5.10 Å². The summed E-state index contributed by atoms with van der Waals surface area (Å²) in [6.07, 6.45) is 4.86. The number of rotatable bonds is 8. The van der Waals surface area contributed by atoms with Gasteiger partial charge in [-0.1, -0.05) is 18.2 Å². The van der Waals surface area contributed by atoms with Crippen LogP contribution in [0.3, 0.4) is 0 Å². The predicted molar refractivity (Wildman–Crippen MR) is 118 cm³/mol. The fourth-order valence-corrected chi connectivity index (χ4v) is 3.14. The normalized spacial score (nSPS) is 11.0. The molecule has 1 heterocycles. The summed E-state index contributed by atoms with van der Waals surface area (Å²) in [5.41, 5.74) is 4.12. The molecule has 0 radical (unpaired) electrons. The summed E-state index contributed by atoms with van der Waals surface area (Å²) in [5.74, 6) is 0.509. The van der Waals surface area contributed by atoms with E-state index in [1.807, 2.05) is 41.8 Å². The van der Waals surface area contributed by atoms with Crippen molar-refractivity contribution in [3.8, 4) is 11.5 Å². The largest absolute Gasteiger partial charge is 0.497 e. The van der Waals surface area contributed by atoms with Gasteiger partial charge in [0.2, 0.25) is 5.91 Å². The van der Waals surface area contributed by atoms with E-state index in [4.69, 9.17) is 9.47 Å². The van der Waals surface area contributed by atoms with Crippen LogP contribution in [0.5, 0.6) is 11.5 Å². The van der Waals surface area contributed by atoms with Crippen LogP contribution in [-0.2, 0) is 16.0 Å². The van der Waals surface area contributed by atoms with Crippen LogP contribution in [0.15, 0.2) is 77.2 Å². The Morgan fingerprint density at radius 3 is 2.37 bits per heavy atom. The topological polar surface area (TPSA) is 77.0 Å². The fraction of sp³-hybridized carbons (Fsp3) is 0.0870. The molecule has 0 saturated heterocycles. The minimum absolute atomic E-state index is 0.178. The van der Waals surface area contributed by atoms with E-state index in [9.17, 15) is 9.59 Å². The molecular formula is C23H20N2O4S. The molecule has 0 fully saturated rings. The van der Waals surface area contributed by atoms with Gasteiger partial charge >= 0.3 is 5.97 Å². The molecule has 2 aromatic carbocycles. The quantitative estimate of drug-likeness (QED) is 0.196. The number of carbonyl (C=O) groups excluding carboxylic acids is 2. The van der Waals surface area contributed by atoms with E-state index in [2.05, 4.69) is 10.5 Å². The van der Waals surface area contributed by atoms with Crippen LogP contribution in [-0.4, -0.2) is 25.2 Å². The van der Waals surface area contributed by atoms with Gasteiger partial charge in [-0.05, 0) is 65.0 Å². The molecule has 0 aliphatic carbocycles. The molecule has 7 heteroatoms. The zero-order chi connectivity index (χ0) is 21.2. The van der Waals surface area contributed by atoms with Gasteiger partial charge in [-0.3, -0.25) is 4.79 Å². The van der Waals surface area contributed by atoms with Crippen molar-refractivity contribution in [1.29, 1.82) is 0 Å². The number of esters is 1. The van der Waals surface area contributed by atoms with Gasteiger partial charge < -0.3 is 9.47 Å². The van der Waals surface area contributed by atoms with Gasteiger partial charge in [0.05, 0.1) is 19.7 Å². The molecule has 0 aliphatic rings. The molecule has 0 bridgehead atoms. The molecule has 0 unspecified atom stereocenters. The van der Waals surface area contributed by atoms with Gasteiger partial charge in [0.15, 0.2) is 0 Å². The number of benzene rings is 2. The summed E-state index contributed by atoms with van der Waals surface area (Å²) in [7, 11) is 1.60. The number of carbonyl (C=O) groups is 2. The van der Waals surface area contributed by atoms with Crippen molar-refractivity contribution in [2.45, 2.75) is 6.42 Å². The van der Waals surface area contributed by atoms with Gasteiger partial charge in [-0.25, -0.2) is 10.2 Å². The average Bonchev–Trinajstić information content (AvgIpc) is 3.27. The van der Waals surface area contributed by atoms with E-state index in [0.717, 1.165) is 21.8 Å². The summed E-state index contributed by atoms with van der Waals surface area (Å²) in [5, 5.41) is 5.87. The van der Waals surface area contributed by atoms with Crippen molar-refractivity contribution >= 4 is 35.5 Å². The molecule has 1 amide bonds. The van der Waals surface area contributed by atoms with Crippen molar-refractivity contribution in [3.05, 3.63) is 88.1 Å². The van der Waals surface area contributed by atoms with Crippen LogP contribution in [0.1, 0.15) is 16.0 Å². The molecule has 0 aliphatic heterocycles. The number of hydrazone groups is 1. The summed E-state index contributed by atoms with van der Waals surface area (Å²) in [6, 6.07) is 17.9. The lowest BCUT2D eigenvalue weighted by molar-refractivity contribution is -0.129. The Morgan fingerprint density at radius 2 is 1.70 bits per heavy atom. The number of nitrogens with one attached hydrogen (secondary N) is 1. The van der Waals surface area contributed by atoms with Crippen molar-refractivity contribution in [2.75, 3.05) is 7.11 Å². The summed E-state index contributed by atoms with van der Waals surface area (Å²) >= 11 is 1.53. The van der Waals surface area contributed by atoms with Crippen molar-refractivity contribution in [1.82, 2.24) is 5.43 Å². The van der Waals surface area contributed by atoms with Crippen LogP contribution in [0, 0.1) is 0 Å². The number of hydrogen-bond acceptors (Lipinski definition) is 6. The second kappa shape index (κ2) is 10.7. The third-order valence-corrected chi connectivity index (χ3v) is 4.82. The van der Waals surface area contributed by atoms with Crippen LogP contribution in [0.4, 0.5) is 0 Å². The molecule has 6 nitrogen and oxygen atoms in total. The lowest BCUT2D eigenvalue weighted by Gasteiger charge is -2.02. The first kappa shape index (κ1) is 21.0. The molecule has 3 rings (SSSR count). The van der Waals surface area contributed by atoms with E-state index in [1.165, 1.54) is 23.6 Å². The van der Waals surface area contributed by atoms with E-state index < -0.39 is 5.97 Å². The monoisotopic (exact) mass is 420 g/mol. The van der Waals surface area contributed by atoms with Gasteiger partial charge in [0, 0.05) is 11.0 Å². The summed E-state index contributed by atoms with van der Waals surface area (Å²) < 4.78 is 10.4. The average molecular weight is 420 g/mol. The number of thiophene rings is 1. The molecule has 1 aromatic heterocycles. The van der Waals surface area contributed by atoms with Crippen molar-refractivity contribution < 1.29 is 19.1 Å². The van der Waals surface area contributed by atoms with Gasteiger partial charge in [-0.15, -0.1) is 11.3 Å². The lowest BCUT2D eigenvalue weighted by atomic mass is 10.2. The maximum absolute atomic E-state index is 12.0. The Bertz CT molecular complexity index is 1020. The minimum Gasteiger partial charge on any atom is -0.497 e. The Balaban J connectivity index is 1.46. The number of amides is 1. The molecule has 3 aromatic rings. The van der Waals surface area contributed by atoms with E-state index in [-0.39, 0.29) is 5.91 Å². The molecular weight excluding hydrogens is 400 g/mol. The second-order valence-electron chi connectivity index (χ2n) is 6.15. The second-order valence-corrected chi connectivity index (χ2v) is 7.18. The first-order valence-electron chi connectivity index (χ1n) is 9.11. The SMILES string of the molecule is COc1ccc(/C=C/C(=O)Oc2ccc(/C=N/NC(=O)Cc3cccs3)cc2)cc1. The number of nitrogens with zero attached hydrogens (tertiary/aromatic N) is 1. The van der Waals surface area contributed by atoms with E-state index >= 15 is 0 Å². The fourth-order valence-electron chi connectivity index (χ4n) is 2.44. The standard InChI is InChI=1S/C23H20N2O4S/c1-28-19-9-4-17(5-10-19)8-13-23(27)29-20-11-6-18(7-12-20)16-24-25-22(26)15-21-3-2-14-30-21/h2-14,16H,15H2,1H3,(H,25,26)/b13-8+,24-16+. The zero-order valence-electron chi connectivity index (χ0n) is 16.3. The van der Waals surface area contributed by atoms with Crippen molar-refractivity contribution in [2.24, 2.45) is 5.10 Å². The number of ether oxygens (including phenoxy) is 2. The van der Waals surface area contributed by atoms with Crippen LogP contribution < -0.4 is 14.9 Å². The molecule has 0 spiro atoms. The van der Waals surface area contributed by atoms with Crippen LogP contribution in [0.25, 0.3) is 6.08 Å². The van der Waals surface area contributed by atoms with Gasteiger partial charge in [0.25, 0.3) is 0 Å². The first-order valence-corrected chi connectivity index (χ1v) is 9.98. The Morgan fingerprint density at radius 1 is 1.00 bits per heavy atom. The summed E-state index contributed by atoms with van der Waals surface area (Å²) in [4.78, 5) is 24.7. The molecule has 0 atom stereocenters. The molecule has 30 heavy (non-hydrogen) atoms. The van der Waals surface area contributed by atoms with Crippen LogP contribution >= 0.6 is 11.3 Å². The Labute approximate surface area is 178 Å². The summed E-state index contributed by atoms with van der Waals surface area (Å²) in [6.45, 7) is 0. The predicted octanol–water partition coefficient (Wildman–Crippen LogP) is 4.07. The van der Waals surface area contributed by atoms with Crippen LogP contribution in [0.2, 0.25) is 0 Å². The van der Waals surface area contributed by atoms with E-state index in [1.54, 1.807) is 37.5 Å². The maximum atomic E-state index is 12.0. The van der Waals surface area contributed by atoms with E-state index in [0.29, 0.717) is 12.2 Å².